The molecular weight excluding hydrogens is 445 g/mol. The number of fused-ring (bicyclic) bond motifs is 1. The summed E-state index contributed by atoms with van der Waals surface area (Å²) in [5.74, 6) is -0.685. The first-order valence-electron chi connectivity index (χ1n) is 9.55. The molecule has 0 bridgehead atoms. The standard InChI is InChI=1S/C22H19F3N2O4S/c1-2-31-21(30)13-6-7-18-17(8-13)19(28)10-16(26-18)11-32-12-20(29)27-15-5-3-4-14(9-15)22(23,24)25/h3-10H,2,11-12H2,1H3,(H,26,28)(H,27,29). The molecule has 3 rings (SSSR count). The molecule has 0 saturated heterocycles. The fraction of sp³-hybridized carbons (Fsp3) is 0.227. The van der Waals surface area contributed by atoms with Gasteiger partial charge in [0.15, 0.2) is 5.43 Å². The molecule has 6 nitrogen and oxygen atoms in total. The number of amides is 1. The molecule has 2 aromatic carbocycles. The minimum atomic E-state index is -4.49. The van der Waals surface area contributed by atoms with Crippen LogP contribution < -0.4 is 10.7 Å². The molecule has 0 saturated carbocycles. The molecule has 1 heterocycles. The number of benzene rings is 2. The molecule has 0 spiro atoms. The third-order valence-corrected chi connectivity index (χ3v) is 5.34. The lowest BCUT2D eigenvalue weighted by molar-refractivity contribution is -0.137. The summed E-state index contributed by atoms with van der Waals surface area (Å²) in [6.07, 6.45) is -4.49. The first-order chi connectivity index (χ1) is 15.2. The zero-order valence-electron chi connectivity index (χ0n) is 16.9. The van der Waals surface area contributed by atoms with Gasteiger partial charge in [-0.15, -0.1) is 11.8 Å². The number of hydrogen-bond acceptors (Lipinski definition) is 5. The van der Waals surface area contributed by atoms with E-state index in [4.69, 9.17) is 4.74 Å². The van der Waals surface area contributed by atoms with E-state index in [1.807, 2.05) is 0 Å². The topological polar surface area (TPSA) is 88.3 Å². The van der Waals surface area contributed by atoms with Crippen molar-refractivity contribution in [3.63, 3.8) is 0 Å². The van der Waals surface area contributed by atoms with E-state index in [0.717, 1.165) is 12.1 Å². The summed E-state index contributed by atoms with van der Waals surface area (Å²) < 4.78 is 43.2. The molecule has 0 unspecified atom stereocenters. The number of aromatic amines is 1. The van der Waals surface area contributed by atoms with Crippen LogP contribution in [-0.2, 0) is 21.5 Å². The third-order valence-electron chi connectivity index (χ3n) is 4.36. The highest BCUT2D eigenvalue weighted by Crippen LogP contribution is 2.30. The molecule has 0 radical (unpaired) electrons. The van der Waals surface area contributed by atoms with Gasteiger partial charge < -0.3 is 15.0 Å². The van der Waals surface area contributed by atoms with Crippen LogP contribution in [0.4, 0.5) is 18.9 Å². The second-order valence-electron chi connectivity index (χ2n) is 6.76. The largest absolute Gasteiger partial charge is 0.462 e. The van der Waals surface area contributed by atoms with Crippen LogP contribution in [-0.4, -0.2) is 29.2 Å². The number of aromatic nitrogens is 1. The summed E-state index contributed by atoms with van der Waals surface area (Å²) in [5.41, 5.74) is 0.315. The number of pyridine rings is 1. The third kappa shape index (κ3) is 5.91. The fourth-order valence-electron chi connectivity index (χ4n) is 2.95. The number of anilines is 1. The predicted octanol–water partition coefficient (Wildman–Crippen LogP) is 4.60. The van der Waals surface area contributed by atoms with E-state index in [-0.39, 0.29) is 29.0 Å². The molecule has 3 aromatic rings. The molecule has 0 aliphatic rings. The number of H-pyrrole nitrogens is 1. The summed E-state index contributed by atoms with van der Waals surface area (Å²) in [6.45, 7) is 1.92. The SMILES string of the molecule is CCOC(=O)c1ccc2[nH]c(CSCC(=O)Nc3cccc(C(F)(F)F)c3)cc(=O)c2c1. The smallest absolute Gasteiger partial charge is 0.416 e. The van der Waals surface area contributed by atoms with Crippen molar-refractivity contribution < 1.29 is 27.5 Å². The average Bonchev–Trinajstić information content (AvgIpc) is 2.73. The Bertz CT molecular complexity index is 1210. The summed E-state index contributed by atoms with van der Waals surface area (Å²) in [6, 6.07) is 10.4. The minimum absolute atomic E-state index is 0.0158. The summed E-state index contributed by atoms with van der Waals surface area (Å²) in [4.78, 5) is 39.4. The number of nitrogens with one attached hydrogen (secondary N) is 2. The molecule has 0 fully saturated rings. The molecule has 0 aliphatic heterocycles. The second-order valence-corrected chi connectivity index (χ2v) is 7.74. The maximum atomic E-state index is 12.8. The van der Waals surface area contributed by atoms with Crippen LogP contribution in [0.5, 0.6) is 0 Å². The molecule has 1 aromatic heterocycles. The molecule has 1 amide bonds. The minimum Gasteiger partial charge on any atom is -0.462 e. The Morgan fingerprint density at radius 1 is 1.12 bits per heavy atom. The van der Waals surface area contributed by atoms with Crippen molar-refractivity contribution >= 4 is 40.2 Å². The summed E-state index contributed by atoms with van der Waals surface area (Å²) >= 11 is 1.20. The highest BCUT2D eigenvalue weighted by atomic mass is 32.2. The van der Waals surface area contributed by atoms with Gasteiger partial charge >= 0.3 is 12.1 Å². The van der Waals surface area contributed by atoms with Gasteiger partial charge in [0.05, 0.1) is 23.5 Å². The second kappa shape index (κ2) is 9.90. The number of carbonyl (C=O) groups excluding carboxylic acids is 2. The number of hydrogen-bond donors (Lipinski definition) is 2. The van der Waals surface area contributed by atoms with Gasteiger partial charge in [-0.05, 0) is 43.3 Å². The van der Waals surface area contributed by atoms with Crippen LogP contribution in [0.3, 0.4) is 0 Å². The van der Waals surface area contributed by atoms with E-state index >= 15 is 0 Å². The molecule has 32 heavy (non-hydrogen) atoms. The Morgan fingerprint density at radius 3 is 2.62 bits per heavy atom. The van der Waals surface area contributed by atoms with Crippen molar-refractivity contribution in [2.45, 2.75) is 18.9 Å². The number of halogens is 3. The zero-order valence-corrected chi connectivity index (χ0v) is 17.7. The average molecular weight is 464 g/mol. The molecular formula is C22H19F3N2O4S. The number of thioether (sulfide) groups is 1. The maximum Gasteiger partial charge on any atom is 0.416 e. The fourth-order valence-corrected chi connectivity index (χ4v) is 3.68. The van der Waals surface area contributed by atoms with Gasteiger partial charge in [-0.1, -0.05) is 6.07 Å². The van der Waals surface area contributed by atoms with E-state index in [9.17, 15) is 27.6 Å². The lowest BCUT2D eigenvalue weighted by atomic mass is 10.1. The molecule has 0 aliphatic carbocycles. The lowest BCUT2D eigenvalue weighted by Gasteiger charge is -2.10. The van der Waals surface area contributed by atoms with Gasteiger partial charge in [0.2, 0.25) is 5.91 Å². The number of ether oxygens (including phenoxy) is 1. The van der Waals surface area contributed by atoms with Crippen molar-refractivity contribution in [3.8, 4) is 0 Å². The molecule has 2 N–H and O–H groups in total. The Kier molecular flexibility index (Phi) is 7.24. The van der Waals surface area contributed by atoms with Crippen molar-refractivity contribution in [1.82, 2.24) is 4.98 Å². The van der Waals surface area contributed by atoms with Crippen molar-refractivity contribution in [2.75, 3.05) is 17.7 Å². The number of carbonyl (C=O) groups is 2. The van der Waals surface area contributed by atoms with Crippen LogP contribution in [0, 0.1) is 0 Å². The Hall–Kier alpha value is -3.27. The highest BCUT2D eigenvalue weighted by molar-refractivity contribution is 7.99. The Balaban J connectivity index is 1.61. The van der Waals surface area contributed by atoms with E-state index < -0.39 is 23.6 Å². The van der Waals surface area contributed by atoms with Crippen molar-refractivity contribution in [3.05, 3.63) is 75.6 Å². The van der Waals surface area contributed by atoms with Crippen LogP contribution in [0.1, 0.15) is 28.5 Å². The highest BCUT2D eigenvalue weighted by Gasteiger charge is 2.30. The van der Waals surface area contributed by atoms with Gasteiger partial charge in [0, 0.05) is 34.1 Å². The van der Waals surface area contributed by atoms with Crippen LogP contribution in [0.15, 0.2) is 53.3 Å². The Morgan fingerprint density at radius 2 is 1.91 bits per heavy atom. The summed E-state index contributed by atoms with van der Waals surface area (Å²) in [7, 11) is 0. The first-order valence-corrected chi connectivity index (χ1v) is 10.7. The van der Waals surface area contributed by atoms with Crippen LogP contribution >= 0.6 is 11.8 Å². The zero-order chi connectivity index (χ0) is 23.3. The number of esters is 1. The van der Waals surface area contributed by atoms with Gasteiger partial charge in [-0.2, -0.15) is 13.2 Å². The van der Waals surface area contributed by atoms with Gasteiger partial charge in [-0.3, -0.25) is 9.59 Å². The van der Waals surface area contributed by atoms with Gasteiger partial charge in [0.1, 0.15) is 0 Å². The van der Waals surface area contributed by atoms with Crippen molar-refractivity contribution in [2.24, 2.45) is 0 Å². The molecule has 0 atom stereocenters. The van der Waals surface area contributed by atoms with Crippen LogP contribution in [0.25, 0.3) is 10.9 Å². The van der Waals surface area contributed by atoms with E-state index in [1.54, 1.807) is 19.1 Å². The molecule has 10 heteroatoms. The van der Waals surface area contributed by atoms with Crippen LogP contribution in [0.2, 0.25) is 0 Å². The van der Waals surface area contributed by atoms with E-state index in [0.29, 0.717) is 22.3 Å². The van der Waals surface area contributed by atoms with Gasteiger partial charge in [0.25, 0.3) is 0 Å². The molecule has 168 valence electrons. The van der Waals surface area contributed by atoms with Crippen molar-refractivity contribution in [1.29, 1.82) is 0 Å². The predicted molar refractivity (Wildman–Crippen MR) is 117 cm³/mol. The summed E-state index contributed by atoms with van der Waals surface area (Å²) in [5, 5.41) is 2.77. The van der Waals surface area contributed by atoms with Gasteiger partial charge in [-0.25, -0.2) is 4.79 Å². The maximum absolute atomic E-state index is 12.8. The number of rotatable bonds is 7. The van der Waals surface area contributed by atoms with E-state index in [2.05, 4.69) is 10.3 Å². The number of alkyl halides is 3. The first kappa shape index (κ1) is 23.4. The normalized spacial score (nSPS) is 11.4. The monoisotopic (exact) mass is 464 g/mol. The lowest BCUT2D eigenvalue weighted by Crippen LogP contribution is -2.15. The van der Waals surface area contributed by atoms with E-state index in [1.165, 1.54) is 36.0 Å². The quantitative estimate of drug-likeness (QED) is 0.499. The Labute approximate surface area is 185 Å².